The van der Waals surface area contributed by atoms with Crippen molar-refractivity contribution < 1.29 is 17.6 Å². The van der Waals surface area contributed by atoms with Gasteiger partial charge in [0.2, 0.25) is 15.9 Å². The van der Waals surface area contributed by atoms with Crippen molar-refractivity contribution in [2.75, 3.05) is 18.4 Å². The number of hydrogen-bond donors (Lipinski definition) is 1. The standard InChI is InChI=1S/C20H21FN2O3S/c21-17-10-7-16(8-11-17)9-12-20(24)22-18-5-4-6-19(15-18)27(25,26)23-13-2-1-3-14-23/h4-12,15H,1-3,13-14H2,(H,22,24)/b12-9+. The highest BCUT2D eigenvalue weighted by Gasteiger charge is 2.26. The molecule has 1 fully saturated rings. The second-order valence-corrected chi connectivity index (χ2v) is 8.30. The van der Waals surface area contributed by atoms with Crippen LogP contribution >= 0.6 is 0 Å². The number of anilines is 1. The molecule has 142 valence electrons. The molecular formula is C20H21FN2O3S. The Morgan fingerprint density at radius 1 is 1.04 bits per heavy atom. The highest BCUT2D eigenvalue weighted by Crippen LogP contribution is 2.22. The molecule has 1 saturated heterocycles. The van der Waals surface area contributed by atoms with Gasteiger partial charge in [-0.2, -0.15) is 4.31 Å². The number of carbonyl (C=O) groups excluding carboxylic acids is 1. The highest BCUT2D eigenvalue weighted by atomic mass is 32.2. The summed E-state index contributed by atoms with van der Waals surface area (Å²) in [6.07, 6.45) is 5.65. The molecule has 7 heteroatoms. The van der Waals surface area contributed by atoms with Gasteiger partial charge in [0.1, 0.15) is 5.82 Å². The van der Waals surface area contributed by atoms with Crippen LogP contribution in [0.15, 0.2) is 59.5 Å². The average molecular weight is 388 g/mol. The number of carbonyl (C=O) groups is 1. The summed E-state index contributed by atoms with van der Waals surface area (Å²) in [6.45, 7) is 1.05. The molecule has 0 atom stereocenters. The van der Waals surface area contributed by atoms with Crippen molar-refractivity contribution in [2.24, 2.45) is 0 Å². The van der Waals surface area contributed by atoms with Crippen molar-refractivity contribution in [3.05, 3.63) is 66.0 Å². The van der Waals surface area contributed by atoms with E-state index in [-0.39, 0.29) is 10.7 Å². The summed E-state index contributed by atoms with van der Waals surface area (Å²) >= 11 is 0. The lowest BCUT2D eigenvalue weighted by Crippen LogP contribution is -2.35. The van der Waals surface area contributed by atoms with Gasteiger partial charge in [-0.05, 0) is 54.8 Å². The maximum absolute atomic E-state index is 12.9. The Kier molecular flexibility index (Phi) is 6.03. The van der Waals surface area contributed by atoms with Crippen molar-refractivity contribution >= 4 is 27.7 Å². The Morgan fingerprint density at radius 2 is 1.74 bits per heavy atom. The predicted octanol–water partition coefficient (Wildman–Crippen LogP) is 3.65. The van der Waals surface area contributed by atoms with Crippen LogP contribution in [-0.4, -0.2) is 31.7 Å². The van der Waals surface area contributed by atoms with Crippen molar-refractivity contribution in [1.29, 1.82) is 0 Å². The van der Waals surface area contributed by atoms with Gasteiger partial charge < -0.3 is 5.32 Å². The number of amides is 1. The summed E-state index contributed by atoms with van der Waals surface area (Å²) < 4.78 is 39.8. The molecule has 5 nitrogen and oxygen atoms in total. The summed E-state index contributed by atoms with van der Waals surface area (Å²) in [5.41, 5.74) is 1.09. The fraction of sp³-hybridized carbons (Fsp3) is 0.250. The quantitative estimate of drug-likeness (QED) is 0.795. The second-order valence-electron chi connectivity index (χ2n) is 6.37. The first-order chi connectivity index (χ1) is 12.9. The smallest absolute Gasteiger partial charge is 0.248 e. The molecule has 0 aromatic heterocycles. The van der Waals surface area contributed by atoms with Crippen LogP contribution in [0.2, 0.25) is 0 Å². The van der Waals surface area contributed by atoms with Gasteiger partial charge in [-0.3, -0.25) is 4.79 Å². The SMILES string of the molecule is O=C(/C=C/c1ccc(F)cc1)Nc1cccc(S(=O)(=O)N2CCCCC2)c1. The van der Waals surface area contributed by atoms with Gasteiger partial charge in [-0.15, -0.1) is 0 Å². The van der Waals surface area contributed by atoms with Crippen LogP contribution in [0, 0.1) is 5.82 Å². The van der Waals surface area contributed by atoms with Gasteiger partial charge in [-0.1, -0.05) is 24.6 Å². The first-order valence-corrected chi connectivity index (χ1v) is 10.2. The highest BCUT2D eigenvalue weighted by molar-refractivity contribution is 7.89. The minimum absolute atomic E-state index is 0.171. The van der Waals surface area contributed by atoms with Gasteiger partial charge in [0.15, 0.2) is 0 Å². The van der Waals surface area contributed by atoms with Crippen molar-refractivity contribution in [3.63, 3.8) is 0 Å². The molecule has 1 aliphatic heterocycles. The number of hydrogen-bond acceptors (Lipinski definition) is 3. The van der Waals surface area contributed by atoms with E-state index in [0.29, 0.717) is 24.3 Å². The minimum Gasteiger partial charge on any atom is -0.322 e. The van der Waals surface area contributed by atoms with Crippen LogP contribution in [0.25, 0.3) is 6.08 Å². The number of nitrogens with one attached hydrogen (secondary N) is 1. The zero-order valence-corrected chi connectivity index (χ0v) is 15.6. The summed E-state index contributed by atoms with van der Waals surface area (Å²) in [5, 5.41) is 2.66. The third-order valence-corrected chi connectivity index (χ3v) is 6.25. The molecule has 2 aromatic rings. The van der Waals surface area contributed by atoms with Gasteiger partial charge >= 0.3 is 0 Å². The van der Waals surface area contributed by atoms with E-state index in [0.717, 1.165) is 19.3 Å². The molecule has 1 heterocycles. The third-order valence-electron chi connectivity index (χ3n) is 4.35. The Labute approximate surface area is 158 Å². The zero-order valence-electron chi connectivity index (χ0n) is 14.8. The molecule has 0 saturated carbocycles. The van der Waals surface area contributed by atoms with Crippen LogP contribution in [-0.2, 0) is 14.8 Å². The van der Waals surface area contributed by atoms with Gasteiger partial charge in [0.25, 0.3) is 0 Å². The molecule has 27 heavy (non-hydrogen) atoms. The van der Waals surface area contributed by atoms with E-state index in [2.05, 4.69) is 5.32 Å². The van der Waals surface area contributed by atoms with E-state index in [4.69, 9.17) is 0 Å². The van der Waals surface area contributed by atoms with Crippen LogP contribution < -0.4 is 5.32 Å². The fourth-order valence-corrected chi connectivity index (χ4v) is 4.48. The van der Waals surface area contributed by atoms with E-state index < -0.39 is 15.9 Å². The lowest BCUT2D eigenvalue weighted by atomic mass is 10.2. The van der Waals surface area contributed by atoms with Gasteiger partial charge in [-0.25, -0.2) is 12.8 Å². The summed E-state index contributed by atoms with van der Waals surface area (Å²) in [6, 6.07) is 12.0. The number of piperidine rings is 1. The first-order valence-electron chi connectivity index (χ1n) is 8.80. The Balaban J connectivity index is 1.69. The van der Waals surface area contributed by atoms with Crippen molar-refractivity contribution in [1.82, 2.24) is 4.31 Å². The predicted molar refractivity (Wildman–Crippen MR) is 103 cm³/mol. The summed E-state index contributed by atoms with van der Waals surface area (Å²) in [5.74, 6) is -0.741. The van der Waals surface area contributed by atoms with E-state index in [1.165, 1.54) is 34.6 Å². The Bertz CT molecular complexity index is 934. The van der Waals surface area contributed by atoms with E-state index in [9.17, 15) is 17.6 Å². The average Bonchev–Trinajstić information content (AvgIpc) is 2.68. The molecule has 3 rings (SSSR count). The zero-order chi connectivity index (χ0) is 19.3. The van der Waals surface area contributed by atoms with Crippen molar-refractivity contribution in [2.45, 2.75) is 24.2 Å². The normalized spacial score (nSPS) is 15.7. The van der Waals surface area contributed by atoms with Gasteiger partial charge in [0.05, 0.1) is 4.90 Å². The maximum atomic E-state index is 12.9. The molecular weight excluding hydrogens is 367 g/mol. The minimum atomic E-state index is -3.55. The molecule has 2 aromatic carbocycles. The molecule has 0 radical (unpaired) electrons. The van der Waals surface area contributed by atoms with Crippen LogP contribution in [0.4, 0.5) is 10.1 Å². The second kappa shape index (κ2) is 8.45. The third kappa shape index (κ3) is 5.02. The monoisotopic (exact) mass is 388 g/mol. The Hall–Kier alpha value is -2.51. The molecule has 1 N–H and O–H groups in total. The largest absolute Gasteiger partial charge is 0.322 e. The van der Waals surface area contributed by atoms with Crippen molar-refractivity contribution in [3.8, 4) is 0 Å². The summed E-state index contributed by atoms with van der Waals surface area (Å²) in [7, 11) is -3.55. The molecule has 0 bridgehead atoms. The molecule has 1 amide bonds. The molecule has 1 aliphatic rings. The summed E-state index contributed by atoms with van der Waals surface area (Å²) in [4.78, 5) is 12.3. The first kappa shape index (κ1) is 19.3. The number of rotatable bonds is 5. The molecule has 0 aliphatic carbocycles. The van der Waals surface area contributed by atoms with E-state index >= 15 is 0 Å². The maximum Gasteiger partial charge on any atom is 0.248 e. The number of benzene rings is 2. The lowest BCUT2D eigenvalue weighted by Gasteiger charge is -2.26. The molecule has 0 unspecified atom stereocenters. The fourth-order valence-electron chi connectivity index (χ4n) is 2.92. The van der Waals surface area contributed by atoms with E-state index in [1.54, 1.807) is 30.3 Å². The number of halogens is 1. The van der Waals surface area contributed by atoms with E-state index in [1.807, 2.05) is 0 Å². The lowest BCUT2D eigenvalue weighted by molar-refractivity contribution is -0.111. The van der Waals surface area contributed by atoms with Crippen LogP contribution in [0.1, 0.15) is 24.8 Å². The Morgan fingerprint density at radius 3 is 2.44 bits per heavy atom. The topological polar surface area (TPSA) is 66.5 Å². The van der Waals surface area contributed by atoms with Gasteiger partial charge in [0, 0.05) is 24.9 Å². The number of sulfonamides is 1. The molecule has 0 spiro atoms. The number of nitrogens with zero attached hydrogens (tertiary/aromatic N) is 1. The van der Waals surface area contributed by atoms with Crippen LogP contribution in [0.3, 0.4) is 0 Å². The van der Waals surface area contributed by atoms with Crippen LogP contribution in [0.5, 0.6) is 0 Å².